The number of hydrogen-bond acceptors (Lipinski definition) is 2. The monoisotopic (exact) mass is 262 g/mol. The van der Waals surface area contributed by atoms with Gasteiger partial charge in [-0.25, -0.2) is 4.98 Å². The molecule has 1 fully saturated rings. The molecule has 15 heavy (non-hydrogen) atoms. The van der Waals surface area contributed by atoms with Crippen molar-refractivity contribution in [3.63, 3.8) is 0 Å². The highest BCUT2D eigenvalue weighted by Crippen LogP contribution is 2.43. The largest absolute Gasteiger partial charge is 0.383 e. The van der Waals surface area contributed by atoms with Gasteiger partial charge in [-0.1, -0.05) is 22.0 Å². The van der Waals surface area contributed by atoms with Gasteiger partial charge < -0.3 is 5.73 Å². The third kappa shape index (κ3) is 1.61. The number of nitrogens with zero attached hydrogens (tertiary/aromatic N) is 1. The lowest BCUT2D eigenvalue weighted by molar-refractivity contribution is 1.12. The third-order valence-electron chi connectivity index (χ3n) is 2.86. The summed E-state index contributed by atoms with van der Waals surface area (Å²) in [7, 11) is 0. The summed E-state index contributed by atoms with van der Waals surface area (Å²) in [5.41, 5.74) is 8.14. The van der Waals surface area contributed by atoms with E-state index in [-0.39, 0.29) is 0 Å². The SMILES string of the molecule is Nc1nc2cc(Br)ccc2cc1C1CC1. The third-order valence-corrected chi connectivity index (χ3v) is 3.35. The zero-order chi connectivity index (χ0) is 10.4. The lowest BCUT2D eigenvalue weighted by Crippen LogP contribution is -1.96. The zero-order valence-electron chi connectivity index (χ0n) is 8.20. The lowest BCUT2D eigenvalue weighted by atomic mass is 10.1. The van der Waals surface area contributed by atoms with Crippen LogP contribution in [0.4, 0.5) is 5.82 Å². The van der Waals surface area contributed by atoms with Crippen LogP contribution >= 0.6 is 15.9 Å². The van der Waals surface area contributed by atoms with Crippen LogP contribution in [0.3, 0.4) is 0 Å². The molecule has 2 aromatic rings. The minimum Gasteiger partial charge on any atom is -0.383 e. The van der Waals surface area contributed by atoms with Crippen molar-refractivity contribution in [2.75, 3.05) is 5.73 Å². The van der Waals surface area contributed by atoms with Gasteiger partial charge in [0.25, 0.3) is 0 Å². The number of benzene rings is 1. The molecule has 3 heteroatoms. The van der Waals surface area contributed by atoms with Gasteiger partial charge >= 0.3 is 0 Å². The Labute approximate surface area is 96.6 Å². The van der Waals surface area contributed by atoms with E-state index in [1.54, 1.807) is 0 Å². The molecule has 0 amide bonds. The molecule has 1 saturated carbocycles. The van der Waals surface area contributed by atoms with E-state index in [0.29, 0.717) is 11.7 Å². The summed E-state index contributed by atoms with van der Waals surface area (Å²) in [5, 5.41) is 1.18. The van der Waals surface area contributed by atoms with Crippen molar-refractivity contribution in [2.45, 2.75) is 18.8 Å². The Morgan fingerprint density at radius 2 is 2.07 bits per heavy atom. The summed E-state index contributed by atoms with van der Waals surface area (Å²) in [6.07, 6.45) is 2.52. The van der Waals surface area contributed by atoms with E-state index in [1.807, 2.05) is 12.1 Å². The molecule has 1 aromatic heterocycles. The van der Waals surface area contributed by atoms with Crippen molar-refractivity contribution < 1.29 is 0 Å². The van der Waals surface area contributed by atoms with Gasteiger partial charge in [0.15, 0.2) is 0 Å². The summed E-state index contributed by atoms with van der Waals surface area (Å²) in [6, 6.07) is 8.30. The molecule has 0 aliphatic heterocycles. The number of rotatable bonds is 1. The molecule has 76 valence electrons. The van der Waals surface area contributed by atoms with Crippen molar-refractivity contribution in [1.82, 2.24) is 4.98 Å². The second kappa shape index (κ2) is 3.20. The van der Waals surface area contributed by atoms with Gasteiger partial charge in [-0.2, -0.15) is 0 Å². The highest BCUT2D eigenvalue weighted by atomic mass is 79.9. The zero-order valence-corrected chi connectivity index (χ0v) is 9.79. The Hall–Kier alpha value is -1.09. The molecule has 1 heterocycles. The smallest absolute Gasteiger partial charge is 0.127 e. The van der Waals surface area contributed by atoms with Crippen LogP contribution in [-0.2, 0) is 0 Å². The number of halogens is 1. The molecule has 1 aliphatic carbocycles. The Kier molecular flexibility index (Phi) is 1.96. The van der Waals surface area contributed by atoms with Gasteiger partial charge in [-0.15, -0.1) is 0 Å². The predicted octanol–water partition coefficient (Wildman–Crippen LogP) is 3.46. The van der Waals surface area contributed by atoms with Crippen LogP contribution in [0, 0.1) is 0 Å². The fourth-order valence-electron chi connectivity index (χ4n) is 1.89. The molecule has 1 aliphatic rings. The fourth-order valence-corrected chi connectivity index (χ4v) is 2.24. The van der Waals surface area contributed by atoms with Crippen molar-refractivity contribution in [1.29, 1.82) is 0 Å². The van der Waals surface area contributed by atoms with Crippen LogP contribution < -0.4 is 5.73 Å². The topological polar surface area (TPSA) is 38.9 Å². The van der Waals surface area contributed by atoms with Crippen molar-refractivity contribution >= 4 is 32.7 Å². The normalized spacial score (nSPS) is 15.8. The number of aromatic nitrogens is 1. The van der Waals surface area contributed by atoms with Gasteiger partial charge in [0, 0.05) is 9.86 Å². The van der Waals surface area contributed by atoms with Crippen LogP contribution in [-0.4, -0.2) is 4.98 Å². The molecule has 3 rings (SSSR count). The molecule has 2 N–H and O–H groups in total. The van der Waals surface area contributed by atoms with Crippen molar-refractivity contribution in [3.05, 3.63) is 34.3 Å². The first-order chi connectivity index (χ1) is 7.24. The average molecular weight is 263 g/mol. The quantitative estimate of drug-likeness (QED) is 0.855. The first-order valence-electron chi connectivity index (χ1n) is 5.10. The Morgan fingerprint density at radius 3 is 2.80 bits per heavy atom. The molecule has 0 saturated heterocycles. The second-order valence-corrected chi connectivity index (χ2v) is 4.99. The maximum atomic E-state index is 5.95. The molecule has 0 bridgehead atoms. The van der Waals surface area contributed by atoms with Crippen LogP contribution in [0.5, 0.6) is 0 Å². The van der Waals surface area contributed by atoms with E-state index in [2.05, 4.69) is 33.0 Å². The first kappa shape index (κ1) is 9.16. The maximum absolute atomic E-state index is 5.95. The number of hydrogen-bond donors (Lipinski definition) is 1. The highest BCUT2D eigenvalue weighted by Gasteiger charge is 2.26. The van der Waals surface area contributed by atoms with Crippen molar-refractivity contribution in [2.24, 2.45) is 0 Å². The van der Waals surface area contributed by atoms with Gasteiger partial charge in [0.2, 0.25) is 0 Å². The maximum Gasteiger partial charge on any atom is 0.127 e. The van der Waals surface area contributed by atoms with Crippen molar-refractivity contribution in [3.8, 4) is 0 Å². The van der Waals surface area contributed by atoms with Crippen LogP contribution in [0.25, 0.3) is 10.9 Å². The van der Waals surface area contributed by atoms with Gasteiger partial charge in [-0.3, -0.25) is 0 Å². The molecule has 0 atom stereocenters. The van der Waals surface area contributed by atoms with E-state index in [4.69, 9.17) is 5.73 Å². The van der Waals surface area contributed by atoms with Crippen LogP contribution in [0.2, 0.25) is 0 Å². The molecule has 0 spiro atoms. The molecular formula is C12H11BrN2. The summed E-state index contributed by atoms with van der Waals surface area (Å²) in [5.74, 6) is 1.36. The van der Waals surface area contributed by atoms with E-state index in [1.165, 1.54) is 23.8 Å². The summed E-state index contributed by atoms with van der Waals surface area (Å²) in [4.78, 5) is 4.45. The summed E-state index contributed by atoms with van der Waals surface area (Å²) in [6.45, 7) is 0. The number of nitrogens with two attached hydrogens (primary N) is 1. The Morgan fingerprint density at radius 1 is 1.27 bits per heavy atom. The standard InChI is InChI=1S/C12H11BrN2/c13-9-4-3-8-5-10(7-1-2-7)12(14)15-11(8)6-9/h3-7H,1-2H2,(H2,14,15). The van der Waals surface area contributed by atoms with Crippen LogP contribution in [0.15, 0.2) is 28.7 Å². The first-order valence-corrected chi connectivity index (χ1v) is 5.89. The number of fused-ring (bicyclic) bond motifs is 1. The minimum atomic E-state index is 0.658. The summed E-state index contributed by atoms with van der Waals surface area (Å²) >= 11 is 3.44. The molecule has 0 unspecified atom stereocenters. The Bertz CT molecular complexity index is 532. The number of nitrogen functional groups attached to an aromatic ring is 1. The molecule has 2 nitrogen and oxygen atoms in total. The molecule has 0 radical (unpaired) electrons. The van der Waals surface area contributed by atoms with Gasteiger partial charge in [0.1, 0.15) is 5.82 Å². The van der Waals surface area contributed by atoms with Crippen LogP contribution in [0.1, 0.15) is 24.3 Å². The van der Waals surface area contributed by atoms with E-state index < -0.39 is 0 Å². The predicted molar refractivity (Wildman–Crippen MR) is 65.8 cm³/mol. The lowest BCUT2D eigenvalue weighted by Gasteiger charge is -2.05. The van der Waals surface area contributed by atoms with Gasteiger partial charge in [0.05, 0.1) is 5.52 Å². The summed E-state index contributed by atoms with van der Waals surface area (Å²) < 4.78 is 1.04. The van der Waals surface area contributed by atoms with E-state index in [9.17, 15) is 0 Å². The highest BCUT2D eigenvalue weighted by molar-refractivity contribution is 9.10. The number of pyridine rings is 1. The van der Waals surface area contributed by atoms with E-state index in [0.717, 1.165) is 9.99 Å². The molecule has 1 aromatic carbocycles. The molecular weight excluding hydrogens is 252 g/mol. The Balaban J connectivity index is 2.25. The average Bonchev–Trinajstić information content (AvgIpc) is 3.00. The second-order valence-electron chi connectivity index (χ2n) is 4.07. The van der Waals surface area contributed by atoms with E-state index >= 15 is 0 Å². The van der Waals surface area contributed by atoms with Gasteiger partial charge in [-0.05, 0) is 42.5 Å². The minimum absolute atomic E-state index is 0.658. The number of anilines is 1. The fraction of sp³-hybridized carbons (Fsp3) is 0.250.